The summed E-state index contributed by atoms with van der Waals surface area (Å²) in [5, 5.41) is 16.7. The fourth-order valence-corrected chi connectivity index (χ4v) is 2.51. The van der Waals surface area contributed by atoms with Crippen molar-refractivity contribution in [3.63, 3.8) is 0 Å². The van der Waals surface area contributed by atoms with Crippen molar-refractivity contribution in [1.82, 2.24) is 0 Å². The smallest absolute Gasteiger partial charge is 0.136 e. The molecule has 0 radical (unpaired) electrons. The van der Waals surface area contributed by atoms with Crippen LogP contribution in [0.15, 0.2) is 70.6 Å². The molecule has 0 spiro atoms. The van der Waals surface area contributed by atoms with Crippen molar-refractivity contribution < 1.29 is 8.83 Å². The largest absolute Gasteiger partial charge is 0.456 e. The van der Waals surface area contributed by atoms with Crippen LogP contribution in [-0.2, 0) is 0 Å². The van der Waals surface area contributed by atoms with Gasteiger partial charge in [0.2, 0.25) is 0 Å². The molecule has 0 bridgehead atoms. The summed E-state index contributed by atoms with van der Waals surface area (Å²) in [5.41, 5.74) is 2.73. The Morgan fingerprint density at radius 2 is 1.17 bits per heavy atom. The molecule has 24 heavy (non-hydrogen) atoms. The van der Waals surface area contributed by atoms with E-state index in [1.807, 2.05) is 24.3 Å². The van der Waals surface area contributed by atoms with Crippen LogP contribution < -0.4 is 0 Å². The van der Waals surface area contributed by atoms with Crippen LogP contribution in [0.3, 0.4) is 0 Å². The van der Waals surface area contributed by atoms with E-state index >= 15 is 0 Å². The van der Waals surface area contributed by atoms with Gasteiger partial charge in [0.05, 0.1) is 0 Å². The first kappa shape index (κ1) is 15.5. The average Bonchev–Trinajstić information content (AvgIpc) is 3.17. The van der Waals surface area contributed by atoms with E-state index in [9.17, 15) is 0 Å². The number of hydrogen-bond acceptors (Lipinski definition) is 4. The number of hydrogen-bond donors (Lipinski definition) is 2. The lowest BCUT2D eigenvalue weighted by atomic mass is 10.1. The first-order chi connectivity index (χ1) is 11.7. The lowest BCUT2D eigenvalue weighted by Crippen LogP contribution is -1.79. The summed E-state index contributed by atoms with van der Waals surface area (Å²) in [6.45, 7) is 7.29. The fourth-order valence-electron chi connectivity index (χ4n) is 2.51. The highest BCUT2D eigenvalue weighted by Gasteiger charge is 2.12. The fraction of sp³-hybridized carbons (Fsp3) is 0. The van der Waals surface area contributed by atoms with Crippen molar-refractivity contribution in [2.24, 2.45) is 0 Å². The zero-order valence-electron chi connectivity index (χ0n) is 13.0. The molecule has 0 aliphatic rings. The molecule has 0 aliphatic heterocycles. The summed E-state index contributed by atoms with van der Waals surface area (Å²) in [7, 11) is 0. The molecule has 2 heterocycles. The van der Waals surface area contributed by atoms with Crippen molar-refractivity contribution in [3.05, 3.63) is 73.2 Å². The molecule has 0 aliphatic carbocycles. The Bertz CT molecular complexity index is 898. The molecular formula is C20H16N2O2. The van der Waals surface area contributed by atoms with Crippen LogP contribution in [0.1, 0.15) is 11.5 Å². The van der Waals surface area contributed by atoms with E-state index in [0.29, 0.717) is 33.8 Å². The SMILES string of the molecule is C=C/C=C(\C=N)c1cc2cc3oc(/C(C=N)=C/C=C)cc3cc2o1. The van der Waals surface area contributed by atoms with Gasteiger partial charge in [-0.3, -0.25) is 0 Å². The number of benzene rings is 1. The molecule has 3 rings (SSSR count). The number of rotatable bonds is 6. The summed E-state index contributed by atoms with van der Waals surface area (Å²) in [5.74, 6) is 1.22. The van der Waals surface area contributed by atoms with Gasteiger partial charge < -0.3 is 19.7 Å². The predicted octanol–water partition coefficient (Wildman–Crippen LogP) is 5.62. The maximum atomic E-state index is 7.47. The van der Waals surface area contributed by atoms with Gasteiger partial charge in [0.25, 0.3) is 0 Å². The van der Waals surface area contributed by atoms with E-state index in [2.05, 4.69) is 13.2 Å². The molecule has 0 atom stereocenters. The zero-order chi connectivity index (χ0) is 17.1. The van der Waals surface area contributed by atoms with E-state index in [-0.39, 0.29) is 0 Å². The molecule has 0 saturated heterocycles. The lowest BCUT2D eigenvalue weighted by molar-refractivity contribution is 0.599. The first-order valence-electron chi connectivity index (χ1n) is 7.34. The van der Waals surface area contributed by atoms with Gasteiger partial charge in [-0.05, 0) is 24.3 Å². The second-order valence-corrected chi connectivity index (χ2v) is 5.15. The molecule has 3 aromatic rings. The van der Waals surface area contributed by atoms with Crippen LogP contribution in [0, 0.1) is 10.8 Å². The van der Waals surface area contributed by atoms with E-state index in [0.717, 1.165) is 10.8 Å². The molecule has 0 unspecified atom stereocenters. The zero-order valence-corrected chi connectivity index (χ0v) is 13.0. The Balaban J connectivity index is 2.14. The van der Waals surface area contributed by atoms with Crippen LogP contribution in [0.25, 0.3) is 33.1 Å². The summed E-state index contributed by atoms with van der Waals surface area (Å²) < 4.78 is 11.7. The van der Waals surface area contributed by atoms with Crippen molar-refractivity contribution in [1.29, 1.82) is 10.8 Å². The Morgan fingerprint density at radius 3 is 1.50 bits per heavy atom. The van der Waals surface area contributed by atoms with Gasteiger partial charge in [0.15, 0.2) is 0 Å². The topological polar surface area (TPSA) is 74.0 Å². The number of nitrogens with one attached hydrogen (secondary N) is 2. The number of furan rings is 2. The highest BCUT2D eigenvalue weighted by Crippen LogP contribution is 2.31. The molecule has 2 aromatic heterocycles. The van der Waals surface area contributed by atoms with Gasteiger partial charge in [-0.15, -0.1) is 0 Å². The van der Waals surface area contributed by atoms with Crippen LogP contribution in [-0.4, -0.2) is 12.4 Å². The lowest BCUT2D eigenvalue weighted by Gasteiger charge is -1.92. The van der Waals surface area contributed by atoms with Gasteiger partial charge >= 0.3 is 0 Å². The molecule has 118 valence electrons. The van der Waals surface area contributed by atoms with Crippen molar-refractivity contribution in [3.8, 4) is 0 Å². The average molecular weight is 316 g/mol. The van der Waals surface area contributed by atoms with Crippen LogP contribution >= 0.6 is 0 Å². The summed E-state index contributed by atoms with van der Waals surface area (Å²) >= 11 is 0. The minimum Gasteiger partial charge on any atom is -0.456 e. The number of allylic oxidation sites excluding steroid dienone is 6. The van der Waals surface area contributed by atoms with Gasteiger partial charge in [-0.2, -0.15) is 0 Å². The second-order valence-electron chi connectivity index (χ2n) is 5.15. The van der Waals surface area contributed by atoms with E-state index in [4.69, 9.17) is 19.7 Å². The van der Waals surface area contributed by atoms with Crippen LogP contribution in [0.2, 0.25) is 0 Å². The van der Waals surface area contributed by atoms with Crippen LogP contribution in [0.4, 0.5) is 0 Å². The summed E-state index contributed by atoms with van der Waals surface area (Å²) in [6.07, 6.45) is 9.16. The Labute approximate surface area is 139 Å². The quantitative estimate of drug-likeness (QED) is 0.457. The van der Waals surface area contributed by atoms with Crippen molar-refractivity contribution >= 4 is 45.5 Å². The maximum absolute atomic E-state index is 7.47. The van der Waals surface area contributed by atoms with Gasteiger partial charge in [-0.1, -0.05) is 37.5 Å². The predicted molar refractivity (Wildman–Crippen MR) is 99.9 cm³/mol. The molecule has 0 amide bonds. The minimum absolute atomic E-state index is 0.611. The molecule has 0 saturated carbocycles. The maximum Gasteiger partial charge on any atom is 0.136 e. The number of fused-ring (bicyclic) bond motifs is 2. The third kappa shape index (κ3) is 2.65. The third-order valence-electron chi connectivity index (χ3n) is 3.63. The normalized spacial score (nSPS) is 12.5. The monoisotopic (exact) mass is 316 g/mol. The van der Waals surface area contributed by atoms with Crippen molar-refractivity contribution in [2.45, 2.75) is 0 Å². The molecular weight excluding hydrogens is 300 g/mol. The standard InChI is InChI=1S/C20H16N2O2/c1-3-5-13(11-21)17-7-15-9-20-16(10-19(15)23-17)8-18(24-20)14(12-22)6-4-2/h3-12,21-22H,1-2H2/b13-5+,14-6+,21-11?,22-12?. The molecule has 4 nitrogen and oxygen atoms in total. The molecule has 4 heteroatoms. The van der Waals surface area contributed by atoms with Gasteiger partial charge in [0, 0.05) is 34.3 Å². The van der Waals surface area contributed by atoms with E-state index in [1.165, 1.54) is 12.4 Å². The molecule has 2 N–H and O–H groups in total. The Kier molecular flexibility index (Phi) is 4.12. The van der Waals surface area contributed by atoms with E-state index < -0.39 is 0 Å². The Hall–Kier alpha value is -3.40. The second kappa shape index (κ2) is 6.38. The highest BCUT2D eigenvalue weighted by atomic mass is 16.3. The third-order valence-corrected chi connectivity index (χ3v) is 3.63. The van der Waals surface area contributed by atoms with Gasteiger partial charge in [0.1, 0.15) is 22.7 Å². The van der Waals surface area contributed by atoms with Gasteiger partial charge in [-0.25, -0.2) is 0 Å². The summed E-state index contributed by atoms with van der Waals surface area (Å²) in [4.78, 5) is 0. The summed E-state index contributed by atoms with van der Waals surface area (Å²) in [6, 6.07) is 7.53. The van der Waals surface area contributed by atoms with Crippen LogP contribution in [0.5, 0.6) is 0 Å². The minimum atomic E-state index is 0.611. The first-order valence-corrected chi connectivity index (χ1v) is 7.34. The van der Waals surface area contributed by atoms with Crippen molar-refractivity contribution in [2.75, 3.05) is 0 Å². The van der Waals surface area contributed by atoms with E-state index in [1.54, 1.807) is 24.3 Å². The Morgan fingerprint density at radius 1 is 0.750 bits per heavy atom. The molecule has 1 aromatic carbocycles. The molecule has 0 fully saturated rings. The highest BCUT2D eigenvalue weighted by molar-refractivity contribution is 6.10.